The third-order valence-electron chi connectivity index (χ3n) is 4.00. The van der Waals surface area contributed by atoms with Crippen LogP contribution in [-0.4, -0.2) is 47.3 Å². The molecule has 0 saturated heterocycles. The molecule has 0 radical (unpaired) electrons. The average molecular weight is 401 g/mol. The van der Waals surface area contributed by atoms with Gasteiger partial charge in [0.25, 0.3) is 0 Å². The third-order valence-corrected chi connectivity index (χ3v) is 5.18. The van der Waals surface area contributed by atoms with Crippen molar-refractivity contribution in [2.75, 3.05) is 25.6 Å². The van der Waals surface area contributed by atoms with Gasteiger partial charge in [0.1, 0.15) is 28.5 Å². The molecule has 0 aliphatic rings. The van der Waals surface area contributed by atoms with Crippen molar-refractivity contribution in [2.45, 2.75) is 13.3 Å². The number of carboxylic acid groups (broad SMARTS) is 1. The van der Waals surface area contributed by atoms with E-state index in [1.807, 2.05) is 6.92 Å². The van der Waals surface area contributed by atoms with E-state index in [1.54, 1.807) is 31.4 Å². The Hall–Kier alpha value is -3.04. The van der Waals surface area contributed by atoms with E-state index in [9.17, 15) is 9.59 Å². The van der Waals surface area contributed by atoms with Crippen molar-refractivity contribution in [1.29, 1.82) is 0 Å². The molecule has 0 amide bonds. The average Bonchev–Trinajstić information content (AvgIpc) is 3.01. The summed E-state index contributed by atoms with van der Waals surface area (Å²) in [5, 5.41) is 12.8. The zero-order valence-electron chi connectivity index (χ0n) is 15.4. The summed E-state index contributed by atoms with van der Waals surface area (Å²) in [6.07, 6.45) is 1.40. The molecule has 2 N–H and O–H groups in total. The van der Waals surface area contributed by atoms with Crippen LogP contribution in [0.2, 0.25) is 0 Å². The van der Waals surface area contributed by atoms with E-state index in [4.69, 9.17) is 14.6 Å². The number of esters is 1. The number of thiophene rings is 1. The molecule has 0 fully saturated rings. The third kappa shape index (κ3) is 4.44. The van der Waals surface area contributed by atoms with Crippen LogP contribution in [0.25, 0.3) is 10.2 Å². The van der Waals surface area contributed by atoms with Gasteiger partial charge in [0.15, 0.2) is 0 Å². The summed E-state index contributed by atoms with van der Waals surface area (Å²) in [4.78, 5) is 32.8. The summed E-state index contributed by atoms with van der Waals surface area (Å²) < 4.78 is 10.1. The number of benzene rings is 1. The van der Waals surface area contributed by atoms with Crippen LogP contribution in [0, 0.1) is 6.92 Å². The summed E-state index contributed by atoms with van der Waals surface area (Å²) >= 11 is 1.25. The lowest BCUT2D eigenvalue weighted by Crippen LogP contribution is -2.09. The van der Waals surface area contributed by atoms with Gasteiger partial charge in [-0.25, -0.2) is 14.8 Å². The summed E-state index contributed by atoms with van der Waals surface area (Å²) in [6.45, 7) is 2.35. The molecule has 146 valence electrons. The number of methoxy groups -OCH3 is 1. The quantitative estimate of drug-likeness (QED) is 0.437. The number of ether oxygens (including phenoxy) is 2. The molecule has 28 heavy (non-hydrogen) atoms. The van der Waals surface area contributed by atoms with E-state index < -0.39 is 11.9 Å². The minimum atomic E-state index is -0.878. The van der Waals surface area contributed by atoms with E-state index >= 15 is 0 Å². The second-order valence-electron chi connectivity index (χ2n) is 5.98. The summed E-state index contributed by atoms with van der Waals surface area (Å²) in [5.41, 5.74) is 2.20. The van der Waals surface area contributed by atoms with E-state index in [0.717, 1.165) is 16.6 Å². The lowest BCUT2D eigenvalue weighted by Gasteiger charge is -2.08. The van der Waals surface area contributed by atoms with Gasteiger partial charge >= 0.3 is 11.9 Å². The van der Waals surface area contributed by atoms with Crippen molar-refractivity contribution >= 4 is 45.0 Å². The Bertz CT molecular complexity index is 1000. The first-order valence-corrected chi connectivity index (χ1v) is 9.29. The number of aliphatic carboxylic acids is 1. The fourth-order valence-electron chi connectivity index (χ4n) is 2.66. The molecule has 8 nitrogen and oxygen atoms in total. The van der Waals surface area contributed by atoms with Crippen molar-refractivity contribution in [3.63, 3.8) is 0 Å². The van der Waals surface area contributed by atoms with E-state index in [0.29, 0.717) is 27.7 Å². The first-order valence-electron chi connectivity index (χ1n) is 8.47. The molecule has 1 aromatic carbocycles. The van der Waals surface area contributed by atoms with Crippen LogP contribution >= 0.6 is 11.3 Å². The number of hydrogen-bond acceptors (Lipinski definition) is 8. The van der Waals surface area contributed by atoms with Crippen LogP contribution in [-0.2, 0) is 20.7 Å². The predicted molar refractivity (Wildman–Crippen MR) is 105 cm³/mol. The molecule has 2 aromatic heterocycles. The summed E-state index contributed by atoms with van der Waals surface area (Å²) in [6, 6.07) is 7.06. The lowest BCUT2D eigenvalue weighted by molar-refractivity contribution is -0.136. The Morgan fingerprint density at radius 3 is 2.61 bits per heavy atom. The Kier molecular flexibility index (Phi) is 6.17. The Labute approximate surface area is 165 Å². The van der Waals surface area contributed by atoms with Gasteiger partial charge in [-0.2, -0.15) is 0 Å². The number of anilines is 2. The van der Waals surface area contributed by atoms with Gasteiger partial charge in [0, 0.05) is 12.8 Å². The highest BCUT2D eigenvalue weighted by atomic mass is 32.1. The second-order valence-corrected chi connectivity index (χ2v) is 6.98. The van der Waals surface area contributed by atoms with Crippen LogP contribution in [0.5, 0.6) is 0 Å². The predicted octanol–water partition coefficient (Wildman–Crippen LogP) is 3.17. The molecule has 0 aliphatic heterocycles. The first kappa shape index (κ1) is 19.7. The molecule has 2 heterocycles. The van der Waals surface area contributed by atoms with Crippen molar-refractivity contribution in [2.24, 2.45) is 0 Å². The SMILES string of the molecule is COCCOC(=O)c1sc2ncnc(Nc3ccc(CC(=O)O)cc3)c2c1C. The van der Waals surface area contributed by atoms with Crippen LogP contribution in [0.4, 0.5) is 11.5 Å². The van der Waals surface area contributed by atoms with Crippen LogP contribution in [0.15, 0.2) is 30.6 Å². The number of carbonyl (C=O) groups is 2. The fraction of sp³-hybridized carbons (Fsp3) is 0.263. The fourth-order valence-corrected chi connectivity index (χ4v) is 3.70. The maximum absolute atomic E-state index is 12.3. The number of carbonyl (C=O) groups excluding carboxylic acids is 1. The molecule has 3 aromatic rings. The van der Waals surface area contributed by atoms with Crippen LogP contribution < -0.4 is 5.32 Å². The molecule has 0 atom stereocenters. The topological polar surface area (TPSA) is 111 Å². The number of hydrogen-bond donors (Lipinski definition) is 2. The van der Waals surface area contributed by atoms with Crippen LogP contribution in [0.1, 0.15) is 20.8 Å². The standard InChI is InChI=1S/C19H19N3O5S/c1-11-15-17(22-13-5-3-12(4-6-13)9-14(23)24)20-10-21-18(15)28-16(11)19(25)27-8-7-26-2/h3-6,10H,7-9H2,1-2H3,(H,23,24)(H,20,21,22). The molecule has 0 aliphatic carbocycles. The lowest BCUT2D eigenvalue weighted by atomic mass is 10.1. The normalized spacial score (nSPS) is 10.8. The summed E-state index contributed by atoms with van der Waals surface area (Å²) in [5.74, 6) is -0.723. The maximum atomic E-state index is 12.3. The highest BCUT2D eigenvalue weighted by Gasteiger charge is 2.20. The van der Waals surface area contributed by atoms with Crippen molar-refractivity contribution in [1.82, 2.24) is 9.97 Å². The molecule has 0 spiro atoms. The molecular weight excluding hydrogens is 382 g/mol. The smallest absolute Gasteiger partial charge is 0.348 e. The van der Waals surface area contributed by atoms with Gasteiger partial charge < -0.3 is 19.9 Å². The second kappa shape index (κ2) is 8.77. The van der Waals surface area contributed by atoms with Gasteiger partial charge in [-0.05, 0) is 30.2 Å². The number of nitrogens with zero attached hydrogens (tertiary/aromatic N) is 2. The van der Waals surface area contributed by atoms with Gasteiger partial charge in [0.2, 0.25) is 0 Å². The minimum absolute atomic E-state index is 0.0315. The zero-order chi connectivity index (χ0) is 20.1. The molecule has 0 unspecified atom stereocenters. The number of rotatable bonds is 8. The largest absolute Gasteiger partial charge is 0.481 e. The van der Waals surface area contributed by atoms with Crippen LogP contribution in [0.3, 0.4) is 0 Å². The zero-order valence-corrected chi connectivity index (χ0v) is 16.2. The number of carboxylic acids is 1. The Morgan fingerprint density at radius 1 is 1.18 bits per heavy atom. The first-order chi connectivity index (χ1) is 13.5. The molecule has 0 bridgehead atoms. The van der Waals surface area contributed by atoms with Crippen molar-refractivity contribution < 1.29 is 24.2 Å². The van der Waals surface area contributed by atoms with Crippen molar-refractivity contribution in [3.8, 4) is 0 Å². The Balaban J connectivity index is 1.85. The summed E-state index contributed by atoms with van der Waals surface area (Å²) in [7, 11) is 1.54. The molecule has 0 saturated carbocycles. The van der Waals surface area contributed by atoms with Gasteiger partial charge in [-0.3, -0.25) is 4.79 Å². The molecular formula is C19H19N3O5S. The van der Waals surface area contributed by atoms with E-state index in [2.05, 4.69) is 15.3 Å². The highest BCUT2D eigenvalue weighted by Crippen LogP contribution is 2.34. The minimum Gasteiger partial charge on any atom is -0.481 e. The van der Waals surface area contributed by atoms with Gasteiger partial charge in [0.05, 0.1) is 18.4 Å². The monoisotopic (exact) mass is 401 g/mol. The van der Waals surface area contributed by atoms with Crippen molar-refractivity contribution in [3.05, 3.63) is 46.6 Å². The molecule has 9 heteroatoms. The Morgan fingerprint density at radius 2 is 1.93 bits per heavy atom. The number of fused-ring (bicyclic) bond motifs is 1. The highest BCUT2D eigenvalue weighted by molar-refractivity contribution is 7.20. The van der Waals surface area contributed by atoms with E-state index in [-0.39, 0.29) is 13.0 Å². The van der Waals surface area contributed by atoms with Gasteiger partial charge in [-0.15, -0.1) is 11.3 Å². The van der Waals surface area contributed by atoms with E-state index in [1.165, 1.54) is 17.7 Å². The number of nitrogens with one attached hydrogen (secondary N) is 1. The number of aryl methyl sites for hydroxylation is 1. The van der Waals surface area contributed by atoms with Gasteiger partial charge in [-0.1, -0.05) is 12.1 Å². The number of aromatic nitrogens is 2. The molecule has 3 rings (SSSR count). The maximum Gasteiger partial charge on any atom is 0.348 e.